The van der Waals surface area contributed by atoms with Gasteiger partial charge in [-0.2, -0.15) is 0 Å². The van der Waals surface area contributed by atoms with Crippen LogP contribution in [0.15, 0.2) is 24.3 Å². The standard InChI is InChI=1S/C14H13NO3/c15-12(16)7-3-5-10-4-1-2-6-11(10)14(8-9-14)13(17)18/h1-2,4,6H,7-9H2,(H2,15,16)(H,17,18). The second kappa shape index (κ2) is 4.53. The lowest BCUT2D eigenvalue weighted by Crippen LogP contribution is -2.20. The van der Waals surface area contributed by atoms with E-state index in [-0.39, 0.29) is 6.42 Å². The summed E-state index contributed by atoms with van der Waals surface area (Å²) >= 11 is 0. The van der Waals surface area contributed by atoms with Crippen LogP contribution in [0.25, 0.3) is 0 Å². The summed E-state index contributed by atoms with van der Waals surface area (Å²) in [5.74, 6) is 4.19. The number of carboxylic acids is 1. The number of carbonyl (C=O) groups excluding carboxylic acids is 1. The monoisotopic (exact) mass is 243 g/mol. The Labute approximate surface area is 105 Å². The Kier molecular flexibility index (Phi) is 3.07. The molecule has 2 rings (SSSR count). The molecular weight excluding hydrogens is 230 g/mol. The number of amides is 1. The van der Waals surface area contributed by atoms with E-state index in [2.05, 4.69) is 11.8 Å². The van der Waals surface area contributed by atoms with Crippen molar-refractivity contribution in [1.29, 1.82) is 0 Å². The number of primary amides is 1. The van der Waals surface area contributed by atoms with Gasteiger partial charge in [0.1, 0.15) is 0 Å². The predicted molar refractivity (Wildman–Crippen MR) is 65.7 cm³/mol. The average molecular weight is 243 g/mol. The molecule has 1 aliphatic carbocycles. The van der Waals surface area contributed by atoms with Crippen molar-refractivity contribution in [1.82, 2.24) is 0 Å². The first-order chi connectivity index (χ1) is 8.56. The van der Waals surface area contributed by atoms with Gasteiger partial charge in [-0.3, -0.25) is 9.59 Å². The Bertz CT molecular complexity index is 562. The maximum Gasteiger partial charge on any atom is 0.314 e. The smallest absolute Gasteiger partial charge is 0.314 e. The van der Waals surface area contributed by atoms with Gasteiger partial charge >= 0.3 is 5.97 Å². The van der Waals surface area contributed by atoms with Crippen LogP contribution in [-0.4, -0.2) is 17.0 Å². The maximum absolute atomic E-state index is 11.3. The molecule has 4 nitrogen and oxygen atoms in total. The minimum absolute atomic E-state index is 0.0194. The molecule has 0 bridgehead atoms. The van der Waals surface area contributed by atoms with Gasteiger partial charge in [-0.05, 0) is 24.5 Å². The first-order valence-corrected chi connectivity index (χ1v) is 5.66. The van der Waals surface area contributed by atoms with Gasteiger partial charge in [-0.25, -0.2) is 0 Å². The highest BCUT2D eigenvalue weighted by Gasteiger charge is 2.52. The van der Waals surface area contributed by atoms with Gasteiger partial charge in [0.05, 0.1) is 11.8 Å². The highest BCUT2D eigenvalue weighted by atomic mass is 16.4. The van der Waals surface area contributed by atoms with E-state index in [1.165, 1.54) is 0 Å². The molecule has 0 aliphatic heterocycles. The van der Waals surface area contributed by atoms with Crippen LogP contribution in [0.2, 0.25) is 0 Å². The number of benzene rings is 1. The Morgan fingerprint density at radius 3 is 2.56 bits per heavy atom. The third-order valence-corrected chi connectivity index (χ3v) is 3.09. The minimum Gasteiger partial charge on any atom is -0.481 e. The fraction of sp³-hybridized carbons (Fsp3) is 0.286. The summed E-state index contributed by atoms with van der Waals surface area (Å²) in [6.07, 6.45) is 1.25. The molecular formula is C14H13NO3. The van der Waals surface area contributed by atoms with Crippen LogP contribution < -0.4 is 5.73 Å². The van der Waals surface area contributed by atoms with Crippen molar-refractivity contribution in [2.24, 2.45) is 5.73 Å². The first kappa shape index (κ1) is 12.2. The third kappa shape index (κ3) is 2.21. The van der Waals surface area contributed by atoms with E-state index in [1.54, 1.807) is 24.3 Å². The summed E-state index contributed by atoms with van der Waals surface area (Å²) in [6.45, 7) is 0. The van der Waals surface area contributed by atoms with Gasteiger partial charge in [-0.15, -0.1) is 0 Å². The topological polar surface area (TPSA) is 80.4 Å². The molecule has 3 N–H and O–H groups in total. The minimum atomic E-state index is -0.813. The second-order valence-corrected chi connectivity index (χ2v) is 4.38. The van der Waals surface area contributed by atoms with Crippen LogP contribution in [0.4, 0.5) is 0 Å². The van der Waals surface area contributed by atoms with Crippen LogP contribution >= 0.6 is 0 Å². The van der Waals surface area contributed by atoms with Gasteiger partial charge in [0.2, 0.25) is 5.91 Å². The molecule has 0 heterocycles. The van der Waals surface area contributed by atoms with Crippen LogP contribution in [-0.2, 0) is 15.0 Å². The summed E-state index contributed by atoms with van der Waals surface area (Å²) in [7, 11) is 0. The molecule has 18 heavy (non-hydrogen) atoms. The molecule has 1 fully saturated rings. The molecule has 0 atom stereocenters. The number of carboxylic acid groups (broad SMARTS) is 1. The third-order valence-electron chi connectivity index (χ3n) is 3.09. The van der Waals surface area contributed by atoms with E-state index in [0.29, 0.717) is 18.4 Å². The van der Waals surface area contributed by atoms with Crippen LogP contribution in [0, 0.1) is 11.8 Å². The van der Waals surface area contributed by atoms with Crippen molar-refractivity contribution in [3.05, 3.63) is 35.4 Å². The molecule has 1 aromatic carbocycles. The highest BCUT2D eigenvalue weighted by molar-refractivity contribution is 5.86. The van der Waals surface area contributed by atoms with Crippen molar-refractivity contribution >= 4 is 11.9 Å². The predicted octanol–water partition coefficient (Wildman–Crippen LogP) is 1.03. The van der Waals surface area contributed by atoms with E-state index in [9.17, 15) is 14.7 Å². The van der Waals surface area contributed by atoms with Gasteiger partial charge in [0.15, 0.2) is 0 Å². The number of hydrogen-bond acceptors (Lipinski definition) is 2. The van der Waals surface area contributed by atoms with E-state index in [1.807, 2.05) is 0 Å². The summed E-state index contributed by atoms with van der Waals surface area (Å²) in [5, 5.41) is 9.27. The van der Waals surface area contributed by atoms with Crippen molar-refractivity contribution < 1.29 is 14.7 Å². The molecule has 1 saturated carbocycles. The summed E-state index contributed by atoms with van der Waals surface area (Å²) in [5.41, 5.74) is 5.62. The Balaban J connectivity index is 2.34. The lowest BCUT2D eigenvalue weighted by Gasteiger charge is -2.12. The summed E-state index contributed by atoms with van der Waals surface area (Å²) in [4.78, 5) is 21.9. The number of nitrogens with two attached hydrogens (primary N) is 1. The zero-order valence-electron chi connectivity index (χ0n) is 9.77. The Morgan fingerprint density at radius 2 is 2.00 bits per heavy atom. The first-order valence-electron chi connectivity index (χ1n) is 5.66. The lowest BCUT2D eigenvalue weighted by molar-refractivity contribution is -0.140. The number of rotatable bonds is 3. The summed E-state index contributed by atoms with van der Waals surface area (Å²) < 4.78 is 0. The molecule has 1 amide bonds. The molecule has 4 heteroatoms. The number of hydrogen-bond donors (Lipinski definition) is 2. The van der Waals surface area contributed by atoms with E-state index in [0.717, 1.165) is 5.56 Å². The zero-order valence-corrected chi connectivity index (χ0v) is 9.77. The Hall–Kier alpha value is -2.28. The lowest BCUT2D eigenvalue weighted by atomic mass is 9.91. The molecule has 1 aliphatic rings. The van der Waals surface area contributed by atoms with Crippen LogP contribution in [0.3, 0.4) is 0 Å². The molecule has 0 saturated heterocycles. The fourth-order valence-corrected chi connectivity index (χ4v) is 1.96. The molecule has 0 aromatic heterocycles. The van der Waals surface area contributed by atoms with E-state index in [4.69, 9.17) is 5.73 Å². The largest absolute Gasteiger partial charge is 0.481 e. The number of aliphatic carboxylic acids is 1. The van der Waals surface area contributed by atoms with Crippen molar-refractivity contribution in [3.8, 4) is 11.8 Å². The number of carbonyl (C=O) groups is 2. The van der Waals surface area contributed by atoms with Gasteiger partial charge in [0, 0.05) is 5.56 Å². The summed E-state index contributed by atoms with van der Waals surface area (Å²) in [6, 6.07) is 7.16. The van der Waals surface area contributed by atoms with E-state index >= 15 is 0 Å². The SMILES string of the molecule is NC(=O)CC#Cc1ccccc1C1(C(=O)O)CC1. The quantitative estimate of drug-likeness (QED) is 0.778. The molecule has 1 aromatic rings. The van der Waals surface area contributed by atoms with Crippen molar-refractivity contribution in [3.63, 3.8) is 0 Å². The van der Waals surface area contributed by atoms with Crippen molar-refractivity contribution in [2.45, 2.75) is 24.7 Å². The van der Waals surface area contributed by atoms with Gasteiger partial charge in [0.25, 0.3) is 0 Å². The van der Waals surface area contributed by atoms with Gasteiger partial charge in [-0.1, -0.05) is 30.0 Å². The molecule has 0 radical (unpaired) electrons. The zero-order chi connectivity index (χ0) is 13.2. The van der Waals surface area contributed by atoms with Crippen LogP contribution in [0.1, 0.15) is 30.4 Å². The highest BCUT2D eigenvalue weighted by Crippen LogP contribution is 2.49. The van der Waals surface area contributed by atoms with Gasteiger partial charge < -0.3 is 10.8 Å². The van der Waals surface area contributed by atoms with E-state index < -0.39 is 17.3 Å². The average Bonchev–Trinajstić information content (AvgIpc) is 3.10. The Morgan fingerprint density at radius 1 is 1.33 bits per heavy atom. The normalized spacial score (nSPS) is 15.3. The molecule has 0 unspecified atom stereocenters. The molecule has 0 spiro atoms. The second-order valence-electron chi connectivity index (χ2n) is 4.38. The maximum atomic E-state index is 11.3. The fourth-order valence-electron chi connectivity index (χ4n) is 1.96. The van der Waals surface area contributed by atoms with Crippen molar-refractivity contribution in [2.75, 3.05) is 0 Å². The van der Waals surface area contributed by atoms with Crippen LogP contribution in [0.5, 0.6) is 0 Å². The molecule has 92 valence electrons.